The number of rotatable bonds is 6. The number of nitrogens with one attached hydrogen (secondary N) is 1. The first-order valence-corrected chi connectivity index (χ1v) is 10.7. The number of H-pyrrole nitrogens is 1. The van der Waals surface area contributed by atoms with Crippen molar-refractivity contribution in [3.05, 3.63) is 71.9 Å². The van der Waals surface area contributed by atoms with E-state index < -0.39 is 0 Å². The molecule has 4 rings (SSSR count). The fourth-order valence-corrected chi connectivity index (χ4v) is 4.02. The van der Waals surface area contributed by atoms with Crippen LogP contribution in [0.5, 0.6) is 0 Å². The molecule has 1 N–H and O–H groups in total. The zero-order valence-electron chi connectivity index (χ0n) is 17.8. The van der Waals surface area contributed by atoms with Crippen molar-refractivity contribution in [1.29, 1.82) is 0 Å². The lowest BCUT2D eigenvalue weighted by Crippen LogP contribution is -2.47. The van der Waals surface area contributed by atoms with Gasteiger partial charge in [-0.3, -0.25) is 4.90 Å². The van der Waals surface area contributed by atoms with Crippen molar-refractivity contribution < 1.29 is 0 Å². The Morgan fingerprint density at radius 1 is 1.00 bits per heavy atom. The van der Waals surface area contributed by atoms with Crippen molar-refractivity contribution in [3.8, 4) is 11.4 Å². The van der Waals surface area contributed by atoms with Gasteiger partial charge in [0.05, 0.1) is 0 Å². The summed E-state index contributed by atoms with van der Waals surface area (Å²) in [4.78, 5) is 4.99. The van der Waals surface area contributed by atoms with Crippen LogP contribution in [0, 0.1) is 5.92 Å². The minimum atomic E-state index is 0.625. The van der Waals surface area contributed by atoms with Gasteiger partial charge in [-0.25, -0.2) is 0 Å². The highest BCUT2D eigenvalue weighted by Crippen LogP contribution is 2.31. The molecule has 2 aliphatic rings. The van der Waals surface area contributed by atoms with E-state index in [0.29, 0.717) is 11.7 Å². The second-order valence-corrected chi connectivity index (χ2v) is 8.32. The summed E-state index contributed by atoms with van der Waals surface area (Å²) in [5, 5.41) is 14.8. The number of benzene rings is 1. The summed E-state index contributed by atoms with van der Waals surface area (Å²) in [6.45, 7) is 9.54. The first kappa shape index (κ1) is 20.3. The second-order valence-electron chi connectivity index (χ2n) is 8.32. The van der Waals surface area contributed by atoms with Gasteiger partial charge < -0.3 is 4.90 Å². The second kappa shape index (κ2) is 9.67. The van der Waals surface area contributed by atoms with E-state index in [1.807, 2.05) is 0 Å². The van der Waals surface area contributed by atoms with E-state index in [4.69, 9.17) is 0 Å². The molecular weight excluding hydrogens is 372 g/mol. The van der Waals surface area contributed by atoms with Crippen LogP contribution >= 0.6 is 0 Å². The van der Waals surface area contributed by atoms with Gasteiger partial charge in [0.1, 0.15) is 0 Å². The molecule has 0 bridgehead atoms. The van der Waals surface area contributed by atoms with Crippen LogP contribution in [0.4, 0.5) is 5.69 Å². The summed E-state index contributed by atoms with van der Waals surface area (Å²) in [5.41, 5.74) is 4.97. The smallest absolute Gasteiger partial charge is 0.206 e. The fraction of sp³-hybridized carbons (Fsp3) is 0.375. The highest BCUT2D eigenvalue weighted by molar-refractivity contribution is 5.75. The van der Waals surface area contributed by atoms with Gasteiger partial charge in [-0.1, -0.05) is 62.4 Å². The molecule has 0 saturated carbocycles. The van der Waals surface area contributed by atoms with Crippen molar-refractivity contribution in [2.75, 3.05) is 37.6 Å². The molecule has 0 atom stereocenters. The minimum absolute atomic E-state index is 0.625. The van der Waals surface area contributed by atoms with Crippen LogP contribution in [0.1, 0.15) is 19.4 Å². The standard InChI is InChI=1S/C24H30N6/c1-19(2)16-21-10-11-22(24-25-27-28-26-24)23(17-21)30-14-12-29(13-15-30)18-20-8-6-4-3-5-7-9-20/h3-11,17,19H,12-16,18H2,1-2H3,(H,25,26,27,28)/b4-3-,5-3?,6-4?,7-5-,8-6?,9-7?,20-8?,20-9?. The third-order valence-corrected chi connectivity index (χ3v) is 5.48. The SMILES string of the molecule is CC(C)Cc1ccc(-c2nn[nH]n2)c(N2CCN(CC3=C/C=C\C=C/C=C3)CC2)c1. The number of allylic oxidation sites excluding steroid dienone is 6. The number of hydrogen-bond acceptors (Lipinski definition) is 5. The maximum atomic E-state index is 4.23. The lowest BCUT2D eigenvalue weighted by molar-refractivity contribution is 0.280. The topological polar surface area (TPSA) is 60.9 Å². The van der Waals surface area contributed by atoms with Crippen molar-refractivity contribution in [2.45, 2.75) is 20.3 Å². The molecule has 156 valence electrons. The Bertz CT molecular complexity index is 944. The molecular formula is C24H30N6. The Morgan fingerprint density at radius 3 is 2.57 bits per heavy atom. The molecule has 0 spiro atoms. The largest absolute Gasteiger partial charge is 0.368 e. The van der Waals surface area contributed by atoms with Gasteiger partial charge in [0.15, 0.2) is 0 Å². The number of tetrazole rings is 1. The predicted octanol–water partition coefficient (Wildman–Crippen LogP) is 3.80. The van der Waals surface area contributed by atoms with Gasteiger partial charge in [0.2, 0.25) is 5.82 Å². The zero-order valence-corrected chi connectivity index (χ0v) is 17.8. The van der Waals surface area contributed by atoms with Gasteiger partial charge in [-0.15, -0.1) is 10.2 Å². The Kier molecular flexibility index (Phi) is 6.54. The lowest BCUT2D eigenvalue weighted by Gasteiger charge is -2.37. The number of nitrogens with zero attached hydrogens (tertiary/aromatic N) is 5. The molecule has 1 aromatic carbocycles. The number of anilines is 1. The molecule has 2 heterocycles. The maximum absolute atomic E-state index is 4.23. The third kappa shape index (κ3) is 5.13. The van der Waals surface area contributed by atoms with Crippen LogP contribution in [0.15, 0.2) is 66.3 Å². The summed E-state index contributed by atoms with van der Waals surface area (Å²) >= 11 is 0. The van der Waals surface area contributed by atoms with E-state index in [9.17, 15) is 0 Å². The number of hydrogen-bond donors (Lipinski definition) is 1. The fourth-order valence-electron chi connectivity index (χ4n) is 4.02. The van der Waals surface area contributed by atoms with Crippen molar-refractivity contribution in [1.82, 2.24) is 25.5 Å². The van der Waals surface area contributed by atoms with Gasteiger partial charge in [-0.05, 0) is 40.8 Å². The Morgan fingerprint density at radius 2 is 1.80 bits per heavy atom. The summed E-state index contributed by atoms with van der Waals surface area (Å²) in [7, 11) is 0. The molecule has 0 radical (unpaired) electrons. The molecule has 0 amide bonds. The molecule has 1 fully saturated rings. The summed E-state index contributed by atoms with van der Waals surface area (Å²) in [6.07, 6.45) is 15.9. The van der Waals surface area contributed by atoms with Gasteiger partial charge in [0, 0.05) is 44.0 Å². The maximum Gasteiger partial charge on any atom is 0.206 e. The van der Waals surface area contributed by atoms with E-state index >= 15 is 0 Å². The highest BCUT2D eigenvalue weighted by atomic mass is 15.5. The highest BCUT2D eigenvalue weighted by Gasteiger charge is 2.22. The van der Waals surface area contributed by atoms with Gasteiger partial charge in [-0.2, -0.15) is 5.21 Å². The molecule has 1 aliphatic carbocycles. The van der Waals surface area contributed by atoms with Crippen molar-refractivity contribution in [3.63, 3.8) is 0 Å². The minimum Gasteiger partial charge on any atom is -0.368 e. The van der Waals surface area contributed by atoms with Crippen LogP contribution in [-0.2, 0) is 6.42 Å². The molecule has 30 heavy (non-hydrogen) atoms. The van der Waals surface area contributed by atoms with Crippen LogP contribution in [0.3, 0.4) is 0 Å². The summed E-state index contributed by atoms with van der Waals surface area (Å²) in [5.74, 6) is 1.29. The third-order valence-electron chi connectivity index (χ3n) is 5.48. The molecule has 1 saturated heterocycles. The molecule has 2 aromatic rings. The first-order valence-electron chi connectivity index (χ1n) is 10.7. The summed E-state index contributed by atoms with van der Waals surface area (Å²) < 4.78 is 0. The monoisotopic (exact) mass is 402 g/mol. The molecule has 6 heteroatoms. The van der Waals surface area contributed by atoms with Crippen LogP contribution < -0.4 is 4.90 Å². The van der Waals surface area contributed by atoms with Crippen molar-refractivity contribution >= 4 is 5.69 Å². The Labute approximate surface area is 178 Å². The number of piperazine rings is 1. The quantitative estimate of drug-likeness (QED) is 0.796. The van der Waals surface area contributed by atoms with E-state index in [0.717, 1.165) is 44.7 Å². The van der Waals surface area contributed by atoms with E-state index in [-0.39, 0.29) is 0 Å². The van der Waals surface area contributed by atoms with Crippen LogP contribution in [-0.4, -0.2) is 58.2 Å². The lowest BCUT2D eigenvalue weighted by atomic mass is 9.99. The van der Waals surface area contributed by atoms with E-state index in [1.54, 1.807) is 0 Å². The predicted molar refractivity (Wildman–Crippen MR) is 122 cm³/mol. The van der Waals surface area contributed by atoms with Crippen molar-refractivity contribution in [2.24, 2.45) is 5.92 Å². The van der Waals surface area contributed by atoms with Crippen LogP contribution in [0.25, 0.3) is 11.4 Å². The summed E-state index contributed by atoms with van der Waals surface area (Å²) in [6, 6.07) is 6.66. The van der Waals surface area contributed by atoms with Gasteiger partial charge >= 0.3 is 0 Å². The Hall–Kier alpha value is -2.99. The average Bonchev–Trinajstić information content (AvgIpc) is 3.25. The number of aromatic amines is 1. The normalized spacial score (nSPS) is 19.4. The van der Waals surface area contributed by atoms with Gasteiger partial charge in [0.25, 0.3) is 0 Å². The van der Waals surface area contributed by atoms with E-state index in [2.05, 4.69) is 105 Å². The average molecular weight is 403 g/mol. The number of aromatic nitrogens is 4. The molecule has 1 aromatic heterocycles. The zero-order chi connectivity index (χ0) is 20.8. The molecule has 1 aliphatic heterocycles. The van der Waals surface area contributed by atoms with E-state index in [1.165, 1.54) is 16.8 Å². The first-order chi connectivity index (χ1) is 14.7. The molecule has 6 nitrogen and oxygen atoms in total. The van der Waals surface area contributed by atoms with Crippen LogP contribution in [0.2, 0.25) is 0 Å². The molecule has 0 unspecified atom stereocenters. The Balaban J connectivity index is 1.48.